The Kier molecular flexibility index (Phi) is 5.49. The zero-order chi connectivity index (χ0) is 21.3. The summed E-state index contributed by atoms with van der Waals surface area (Å²) in [4.78, 5) is 20.9. The number of aromatic nitrogens is 6. The highest BCUT2D eigenvalue weighted by atomic mass is 79.9. The molecule has 4 aromatic rings. The summed E-state index contributed by atoms with van der Waals surface area (Å²) in [5, 5.41) is 8.64. The van der Waals surface area contributed by atoms with Crippen LogP contribution in [-0.2, 0) is 11.3 Å². The van der Waals surface area contributed by atoms with Crippen LogP contribution in [0.1, 0.15) is 28.4 Å². The molecule has 0 aliphatic carbocycles. The normalized spacial score (nSPS) is 11.1. The van der Waals surface area contributed by atoms with Gasteiger partial charge in [-0.05, 0) is 37.1 Å². The Hall–Kier alpha value is -3.27. The highest BCUT2D eigenvalue weighted by Crippen LogP contribution is 2.25. The smallest absolute Gasteiger partial charge is 0.341 e. The number of halogens is 1. The van der Waals surface area contributed by atoms with Crippen LogP contribution in [0, 0.1) is 6.92 Å². The number of carbonyl (C=O) groups excluding carboxylic acids is 1. The van der Waals surface area contributed by atoms with Gasteiger partial charge < -0.3 is 9.47 Å². The number of esters is 1. The quantitative estimate of drug-likeness (QED) is 0.398. The van der Waals surface area contributed by atoms with Crippen molar-refractivity contribution in [1.82, 2.24) is 29.5 Å². The van der Waals surface area contributed by atoms with Gasteiger partial charge in [0.15, 0.2) is 0 Å². The van der Waals surface area contributed by atoms with E-state index in [-0.39, 0.29) is 12.6 Å². The molecule has 0 N–H and O–H groups in total. The van der Waals surface area contributed by atoms with Crippen molar-refractivity contribution in [3.63, 3.8) is 0 Å². The lowest BCUT2D eigenvalue weighted by molar-refractivity contribution is 0.0526. The summed E-state index contributed by atoms with van der Waals surface area (Å²) in [6, 6.07) is 6.11. The number of aryl methyl sites for hydroxylation is 1. The molecule has 10 heteroatoms. The first-order valence-corrected chi connectivity index (χ1v) is 10.0. The topological polar surface area (TPSA) is 97.0 Å². The van der Waals surface area contributed by atoms with E-state index in [1.165, 1.54) is 17.1 Å². The second kappa shape index (κ2) is 8.23. The summed E-state index contributed by atoms with van der Waals surface area (Å²) in [6.45, 7) is 4.64. The van der Waals surface area contributed by atoms with Crippen molar-refractivity contribution < 1.29 is 14.3 Å². The third kappa shape index (κ3) is 3.78. The molecule has 0 saturated heterocycles. The van der Waals surface area contributed by atoms with Crippen molar-refractivity contribution in [2.24, 2.45) is 0 Å². The standard InChI is InChI=1S/C20H19BrN6O3/c1-4-30-19(28)14-8-22-27(11-14)20-24-16-9-23-26(17(16)18(25-20)29-3)10-13-5-6-15(21)7-12(13)2/h5-9,11H,4,10H2,1-3H3. The maximum atomic E-state index is 11.9. The molecule has 0 aliphatic rings. The molecule has 0 aliphatic heterocycles. The molecule has 0 spiro atoms. The van der Waals surface area contributed by atoms with E-state index in [0.717, 1.165) is 15.6 Å². The molecule has 3 heterocycles. The number of benzene rings is 1. The third-order valence-electron chi connectivity index (χ3n) is 4.56. The predicted octanol–water partition coefficient (Wildman–Crippen LogP) is 3.32. The fourth-order valence-electron chi connectivity index (χ4n) is 3.07. The molecular formula is C20H19BrN6O3. The van der Waals surface area contributed by atoms with Gasteiger partial charge in [0.2, 0.25) is 5.88 Å². The first-order chi connectivity index (χ1) is 14.5. The highest BCUT2D eigenvalue weighted by molar-refractivity contribution is 9.10. The summed E-state index contributed by atoms with van der Waals surface area (Å²) in [5.41, 5.74) is 3.88. The largest absolute Gasteiger partial charge is 0.479 e. The van der Waals surface area contributed by atoms with Crippen LogP contribution in [0.25, 0.3) is 17.0 Å². The molecule has 30 heavy (non-hydrogen) atoms. The number of rotatable bonds is 6. The summed E-state index contributed by atoms with van der Waals surface area (Å²) in [6.07, 6.45) is 4.60. The molecule has 4 rings (SSSR count). The molecule has 0 fully saturated rings. The molecule has 0 saturated carbocycles. The minimum absolute atomic E-state index is 0.272. The number of ether oxygens (including phenoxy) is 2. The van der Waals surface area contributed by atoms with Gasteiger partial charge in [0.25, 0.3) is 5.95 Å². The zero-order valence-electron chi connectivity index (χ0n) is 16.7. The molecule has 154 valence electrons. The Morgan fingerprint density at radius 2 is 2.03 bits per heavy atom. The van der Waals surface area contributed by atoms with E-state index in [1.807, 2.05) is 6.07 Å². The maximum absolute atomic E-state index is 11.9. The van der Waals surface area contributed by atoms with Gasteiger partial charge in [0, 0.05) is 10.7 Å². The Labute approximate surface area is 180 Å². The van der Waals surface area contributed by atoms with Gasteiger partial charge in [-0.15, -0.1) is 0 Å². The Bertz CT molecular complexity index is 1230. The number of fused-ring (bicyclic) bond motifs is 1. The average molecular weight is 471 g/mol. The van der Waals surface area contributed by atoms with Crippen LogP contribution < -0.4 is 4.74 Å². The van der Waals surface area contributed by atoms with E-state index in [9.17, 15) is 4.79 Å². The van der Waals surface area contributed by atoms with E-state index in [1.54, 1.807) is 24.9 Å². The van der Waals surface area contributed by atoms with Crippen molar-refractivity contribution in [2.45, 2.75) is 20.4 Å². The summed E-state index contributed by atoms with van der Waals surface area (Å²) in [5.74, 6) is 0.194. The molecule has 0 amide bonds. The Morgan fingerprint density at radius 3 is 2.77 bits per heavy atom. The van der Waals surface area contributed by atoms with Crippen LogP contribution in [0.4, 0.5) is 0 Å². The Morgan fingerprint density at radius 1 is 1.20 bits per heavy atom. The first kappa shape index (κ1) is 20.0. The van der Waals surface area contributed by atoms with Gasteiger partial charge in [0.05, 0.1) is 38.2 Å². The fraction of sp³-hybridized carbons (Fsp3) is 0.250. The Balaban J connectivity index is 1.72. The van der Waals surface area contributed by atoms with Crippen molar-refractivity contribution >= 4 is 32.9 Å². The van der Waals surface area contributed by atoms with E-state index in [0.29, 0.717) is 29.0 Å². The molecule has 3 aromatic heterocycles. The van der Waals surface area contributed by atoms with Crippen LogP contribution >= 0.6 is 15.9 Å². The number of methoxy groups -OCH3 is 1. The summed E-state index contributed by atoms with van der Waals surface area (Å²) in [7, 11) is 1.54. The second-order valence-electron chi connectivity index (χ2n) is 6.53. The van der Waals surface area contributed by atoms with Gasteiger partial charge in [-0.2, -0.15) is 15.2 Å². The number of hydrogen-bond acceptors (Lipinski definition) is 7. The number of nitrogens with zero attached hydrogens (tertiary/aromatic N) is 6. The fourth-order valence-corrected chi connectivity index (χ4v) is 3.54. The van der Waals surface area contributed by atoms with E-state index in [2.05, 4.69) is 55.2 Å². The SMILES string of the molecule is CCOC(=O)c1cnn(-c2nc(OC)c3c(cnn3Cc3ccc(Br)cc3C)n2)c1. The van der Waals surface area contributed by atoms with E-state index < -0.39 is 5.97 Å². The van der Waals surface area contributed by atoms with Crippen LogP contribution in [0.5, 0.6) is 5.88 Å². The molecular weight excluding hydrogens is 452 g/mol. The molecule has 0 bridgehead atoms. The lowest BCUT2D eigenvalue weighted by Crippen LogP contribution is -2.08. The van der Waals surface area contributed by atoms with Crippen LogP contribution in [0.15, 0.2) is 41.3 Å². The minimum Gasteiger partial charge on any atom is -0.479 e. The van der Waals surface area contributed by atoms with Gasteiger partial charge in [-0.1, -0.05) is 22.0 Å². The van der Waals surface area contributed by atoms with Crippen molar-refractivity contribution in [3.05, 3.63) is 58.0 Å². The lowest BCUT2D eigenvalue weighted by atomic mass is 10.1. The lowest BCUT2D eigenvalue weighted by Gasteiger charge is -2.10. The van der Waals surface area contributed by atoms with Crippen molar-refractivity contribution in [2.75, 3.05) is 13.7 Å². The van der Waals surface area contributed by atoms with Gasteiger partial charge in [0.1, 0.15) is 11.0 Å². The number of carbonyl (C=O) groups is 1. The predicted molar refractivity (Wildman–Crippen MR) is 113 cm³/mol. The van der Waals surface area contributed by atoms with E-state index >= 15 is 0 Å². The van der Waals surface area contributed by atoms with Crippen LogP contribution in [-0.4, -0.2) is 49.2 Å². The average Bonchev–Trinajstić information content (AvgIpc) is 3.37. The summed E-state index contributed by atoms with van der Waals surface area (Å²) < 4.78 is 14.8. The molecule has 9 nitrogen and oxygen atoms in total. The number of hydrogen-bond donors (Lipinski definition) is 0. The highest BCUT2D eigenvalue weighted by Gasteiger charge is 2.18. The third-order valence-corrected chi connectivity index (χ3v) is 5.05. The van der Waals surface area contributed by atoms with Crippen molar-refractivity contribution in [3.8, 4) is 11.8 Å². The monoisotopic (exact) mass is 470 g/mol. The zero-order valence-corrected chi connectivity index (χ0v) is 18.3. The van der Waals surface area contributed by atoms with Gasteiger partial charge in [-0.3, -0.25) is 4.68 Å². The van der Waals surface area contributed by atoms with Gasteiger partial charge in [-0.25, -0.2) is 14.5 Å². The second-order valence-corrected chi connectivity index (χ2v) is 7.45. The van der Waals surface area contributed by atoms with Crippen LogP contribution in [0.3, 0.4) is 0 Å². The molecule has 0 atom stereocenters. The van der Waals surface area contributed by atoms with E-state index in [4.69, 9.17) is 9.47 Å². The summed E-state index contributed by atoms with van der Waals surface area (Å²) >= 11 is 3.49. The maximum Gasteiger partial charge on any atom is 0.341 e. The first-order valence-electron chi connectivity index (χ1n) is 9.25. The van der Waals surface area contributed by atoms with Crippen LogP contribution in [0.2, 0.25) is 0 Å². The molecule has 0 unspecified atom stereocenters. The van der Waals surface area contributed by atoms with Crippen molar-refractivity contribution in [1.29, 1.82) is 0 Å². The van der Waals surface area contributed by atoms with Gasteiger partial charge >= 0.3 is 5.97 Å². The molecule has 0 radical (unpaired) electrons. The molecule has 1 aromatic carbocycles. The minimum atomic E-state index is -0.450.